The fourth-order valence-corrected chi connectivity index (χ4v) is 4.33. The van der Waals surface area contributed by atoms with Gasteiger partial charge in [0.1, 0.15) is 0 Å². The number of aryl methyl sites for hydroxylation is 1. The summed E-state index contributed by atoms with van der Waals surface area (Å²) in [7, 11) is 0. The van der Waals surface area contributed by atoms with E-state index in [9.17, 15) is 4.79 Å². The molecule has 2 aromatic rings. The van der Waals surface area contributed by atoms with Crippen molar-refractivity contribution in [1.29, 1.82) is 0 Å². The van der Waals surface area contributed by atoms with E-state index < -0.39 is 0 Å². The van der Waals surface area contributed by atoms with E-state index in [4.69, 9.17) is 0 Å². The smallest absolute Gasteiger partial charge is 0.225 e. The highest BCUT2D eigenvalue weighted by Crippen LogP contribution is 2.28. The standard InChI is InChI=1S/C21H28N2OS/c1-15(2)21(24)23-11-9-18(10-12-23)22-20(19-8-5-13-25-19)17-7-4-6-16(3)14-17/h4-8,13-15,18,20,22H,9-12H2,1-3H3/t20-/m0/s1. The van der Waals surface area contributed by atoms with E-state index in [-0.39, 0.29) is 17.9 Å². The van der Waals surface area contributed by atoms with Crippen molar-refractivity contribution in [3.63, 3.8) is 0 Å². The molecule has 4 heteroatoms. The minimum atomic E-state index is 0.0932. The molecular weight excluding hydrogens is 328 g/mol. The molecule has 25 heavy (non-hydrogen) atoms. The average molecular weight is 357 g/mol. The average Bonchev–Trinajstić information content (AvgIpc) is 3.13. The number of nitrogens with one attached hydrogen (secondary N) is 1. The van der Waals surface area contributed by atoms with E-state index in [2.05, 4.69) is 54.0 Å². The molecule has 3 nitrogen and oxygen atoms in total. The predicted octanol–water partition coefficient (Wildman–Crippen LogP) is 4.38. The molecular formula is C21H28N2OS. The highest BCUT2D eigenvalue weighted by molar-refractivity contribution is 7.10. The van der Waals surface area contributed by atoms with Crippen LogP contribution < -0.4 is 5.32 Å². The fraction of sp³-hybridized carbons (Fsp3) is 0.476. The number of carbonyl (C=O) groups is 1. The van der Waals surface area contributed by atoms with Gasteiger partial charge in [-0.25, -0.2) is 0 Å². The molecule has 1 aliphatic heterocycles. The number of rotatable bonds is 5. The van der Waals surface area contributed by atoms with Gasteiger partial charge in [0.15, 0.2) is 0 Å². The van der Waals surface area contributed by atoms with Crippen LogP contribution in [0, 0.1) is 12.8 Å². The van der Waals surface area contributed by atoms with Crippen molar-refractivity contribution in [3.05, 3.63) is 57.8 Å². The Kier molecular flexibility index (Phi) is 5.92. The molecule has 0 bridgehead atoms. The van der Waals surface area contributed by atoms with Crippen LogP contribution in [0.25, 0.3) is 0 Å². The highest BCUT2D eigenvalue weighted by atomic mass is 32.1. The van der Waals surface area contributed by atoms with Gasteiger partial charge in [0.25, 0.3) is 0 Å². The third-order valence-corrected chi connectivity index (χ3v) is 5.84. The van der Waals surface area contributed by atoms with E-state index in [0.29, 0.717) is 6.04 Å². The molecule has 134 valence electrons. The molecule has 1 atom stereocenters. The summed E-state index contributed by atoms with van der Waals surface area (Å²) >= 11 is 1.80. The predicted molar refractivity (Wildman–Crippen MR) is 105 cm³/mol. The van der Waals surface area contributed by atoms with Gasteiger partial charge in [0.05, 0.1) is 6.04 Å². The largest absolute Gasteiger partial charge is 0.342 e. The monoisotopic (exact) mass is 356 g/mol. The zero-order valence-electron chi connectivity index (χ0n) is 15.4. The van der Waals surface area contributed by atoms with E-state index in [1.54, 1.807) is 11.3 Å². The first kappa shape index (κ1) is 18.2. The summed E-state index contributed by atoms with van der Waals surface area (Å²) in [5.74, 6) is 0.377. The molecule has 1 aromatic carbocycles. The molecule has 2 heterocycles. The molecule has 3 rings (SSSR count). The van der Waals surface area contributed by atoms with Crippen LogP contribution in [-0.2, 0) is 4.79 Å². The first-order valence-electron chi connectivity index (χ1n) is 9.19. The van der Waals surface area contributed by atoms with Crippen LogP contribution >= 0.6 is 11.3 Å². The summed E-state index contributed by atoms with van der Waals surface area (Å²) < 4.78 is 0. The quantitative estimate of drug-likeness (QED) is 0.862. The van der Waals surface area contributed by atoms with Crippen LogP contribution in [0.15, 0.2) is 41.8 Å². The van der Waals surface area contributed by atoms with Gasteiger partial charge in [-0.15, -0.1) is 11.3 Å². The van der Waals surface area contributed by atoms with Gasteiger partial charge in [0.2, 0.25) is 5.91 Å². The fourth-order valence-electron chi connectivity index (χ4n) is 3.52. The Morgan fingerprint density at radius 3 is 2.56 bits per heavy atom. The number of hydrogen-bond acceptors (Lipinski definition) is 3. The van der Waals surface area contributed by atoms with Gasteiger partial charge in [-0.1, -0.05) is 49.7 Å². The Bertz CT molecular complexity index is 688. The Balaban J connectivity index is 1.69. The summed E-state index contributed by atoms with van der Waals surface area (Å²) in [5, 5.41) is 6.01. The highest BCUT2D eigenvalue weighted by Gasteiger charge is 2.26. The number of hydrogen-bond donors (Lipinski definition) is 1. The van der Waals surface area contributed by atoms with Crippen LogP contribution in [0.3, 0.4) is 0 Å². The van der Waals surface area contributed by atoms with E-state index >= 15 is 0 Å². The summed E-state index contributed by atoms with van der Waals surface area (Å²) in [6.07, 6.45) is 2.04. The van der Waals surface area contributed by atoms with E-state index in [1.807, 2.05) is 18.7 Å². The number of amides is 1. The van der Waals surface area contributed by atoms with E-state index in [0.717, 1.165) is 25.9 Å². The lowest BCUT2D eigenvalue weighted by Gasteiger charge is -2.35. The van der Waals surface area contributed by atoms with Crippen molar-refractivity contribution in [1.82, 2.24) is 10.2 Å². The van der Waals surface area contributed by atoms with Crippen LogP contribution in [0.2, 0.25) is 0 Å². The lowest BCUT2D eigenvalue weighted by Crippen LogP contribution is -2.47. The molecule has 1 saturated heterocycles. The molecule has 0 unspecified atom stereocenters. The van der Waals surface area contributed by atoms with Gasteiger partial charge in [0, 0.05) is 29.9 Å². The number of thiophene rings is 1. The number of likely N-dealkylation sites (tertiary alicyclic amines) is 1. The van der Waals surface area contributed by atoms with Gasteiger partial charge in [-0.2, -0.15) is 0 Å². The van der Waals surface area contributed by atoms with Crippen molar-refractivity contribution in [2.24, 2.45) is 5.92 Å². The van der Waals surface area contributed by atoms with Crippen molar-refractivity contribution in [2.45, 2.75) is 45.7 Å². The summed E-state index contributed by atoms with van der Waals surface area (Å²) in [6.45, 7) is 7.83. The lowest BCUT2D eigenvalue weighted by atomic mass is 9.98. The first-order valence-corrected chi connectivity index (χ1v) is 10.1. The lowest BCUT2D eigenvalue weighted by molar-refractivity contribution is -0.135. The molecule has 0 saturated carbocycles. The maximum atomic E-state index is 12.2. The molecule has 1 N–H and O–H groups in total. The Hall–Kier alpha value is -1.65. The van der Waals surface area contributed by atoms with Crippen LogP contribution in [0.5, 0.6) is 0 Å². The molecule has 1 aliphatic rings. The maximum Gasteiger partial charge on any atom is 0.225 e. The second-order valence-electron chi connectivity index (χ2n) is 7.28. The Morgan fingerprint density at radius 2 is 1.96 bits per heavy atom. The SMILES string of the molecule is Cc1cccc([C@H](NC2CCN(C(=O)C(C)C)CC2)c2cccs2)c1. The maximum absolute atomic E-state index is 12.2. The van der Waals surface area contributed by atoms with Gasteiger partial charge in [-0.05, 0) is 36.8 Å². The molecule has 1 aromatic heterocycles. The minimum Gasteiger partial charge on any atom is -0.342 e. The van der Waals surface area contributed by atoms with Gasteiger partial charge < -0.3 is 10.2 Å². The third kappa shape index (κ3) is 4.50. The second-order valence-corrected chi connectivity index (χ2v) is 8.26. The van der Waals surface area contributed by atoms with Crippen molar-refractivity contribution >= 4 is 17.2 Å². The molecule has 1 amide bonds. The second kappa shape index (κ2) is 8.15. The van der Waals surface area contributed by atoms with Crippen molar-refractivity contribution in [2.75, 3.05) is 13.1 Å². The molecule has 0 radical (unpaired) electrons. The van der Waals surface area contributed by atoms with Crippen molar-refractivity contribution in [3.8, 4) is 0 Å². The normalized spacial score (nSPS) is 17.0. The third-order valence-electron chi connectivity index (χ3n) is 4.91. The molecule has 0 aliphatic carbocycles. The van der Waals surface area contributed by atoms with E-state index in [1.165, 1.54) is 16.0 Å². The van der Waals surface area contributed by atoms with Gasteiger partial charge >= 0.3 is 0 Å². The zero-order valence-corrected chi connectivity index (χ0v) is 16.2. The summed E-state index contributed by atoms with van der Waals surface area (Å²) in [5.41, 5.74) is 2.61. The number of benzene rings is 1. The van der Waals surface area contributed by atoms with Gasteiger partial charge in [-0.3, -0.25) is 4.79 Å². The number of carbonyl (C=O) groups excluding carboxylic acids is 1. The van der Waals surface area contributed by atoms with Crippen LogP contribution in [0.1, 0.15) is 48.7 Å². The minimum absolute atomic E-state index is 0.0932. The summed E-state index contributed by atoms with van der Waals surface area (Å²) in [6, 6.07) is 13.8. The molecule has 0 spiro atoms. The Labute approximate surface area is 155 Å². The van der Waals surface area contributed by atoms with Crippen LogP contribution in [0.4, 0.5) is 0 Å². The number of nitrogens with zero attached hydrogens (tertiary/aromatic N) is 1. The van der Waals surface area contributed by atoms with Crippen LogP contribution in [-0.4, -0.2) is 29.9 Å². The molecule has 1 fully saturated rings. The Morgan fingerprint density at radius 1 is 1.20 bits per heavy atom. The number of piperidine rings is 1. The topological polar surface area (TPSA) is 32.3 Å². The first-order chi connectivity index (χ1) is 12.0. The summed E-state index contributed by atoms with van der Waals surface area (Å²) in [4.78, 5) is 15.6. The van der Waals surface area contributed by atoms with Crippen molar-refractivity contribution < 1.29 is 4.79 Å². The zero-order chi connectivity index (χ0) is 17.8.